The van der Waals surface area contributed by atoms with Crippen molar-refractivity contribution in [3.63, 3.8) is 0 Å². The van der Waals surface area contributed by atoms with Gasteiger partial charge in [-0.3, -0.25) is 0 Å². The molecule has 2 rings (SSSR count). The van der Waals surface area contributed by atoms with Crippen LogP contribution in [0.25, 0.3) is 0 Å². The summed E-state index contributed by atoms with van der Waals surface area (Å²) in [5.74, 6) is 0.519. The number of sulfonamides is 2. The van der Waals surface area contributed by atoms with E-state index in [-0.39, 0.29) is 9.10 Å². The number of thiophene rings is 1. The van der Waals surface area contributed by atoms with E-state index in [1.165, 1.54) is 44.5 Å². The predicted octanol–water partition coefficient (Wildman–Crippen LogP) is 1.47. The van der Waals surface area contributed by atoms with Crippen LogP contribution in [0.3, 0.4) is 0 Å². The minimum Gasteiger partial charge on any atom is -0.497 e. The Bertz CT molecular complexity index is 844. The van der Waals surface area contributed by atoms with Crippen LogP contribution in [0.15, 0.2) is 50.9 Å². The predicted molar refractivity (Wildman–Crippen MR) is 86.9 cm³/mol. The van der Waals surface area contributed by atoms with Crippen LogP contribution in [0, 0.1) is 6.67 Å². The molecule has 0 fully saturated rings. The standard InChI is InChI=1S/C13H15N2O5S3/c1-15(23(18,19)13-4-3-9-21-13)10-14-22(16,17)12-7-5-11(20-2)6-8-12/h3-10,14H,1-2H3. The summed E-state index contributed by atoms with van der Waals surface area (Å²) in [6.07, 6.45) is 0. The van der Waals surface area contributed by atoms with Gasteiger partial charge in [-0.2, -0.15) is 9.03 Å². The molecule has 125 valence electrons. The average Bonchev–Trinajstić information content (AvgIpc) is 3.08. The third kappa shape index (κ3) is 4.09. The Morgan fingerprint density at radius 1 is 1.13 bits per heavy atom. The molecule has 1 radical (unpaired) electrons. The molecular formula is C13H15N2O5S3. The van der Waals surface area contributed by atoms with Crippen molar-refractivity contribution in [1.82, 2.24) is 9.03 Å². The second-order valence-electron chi connectivity index (χ2n) is 4.38. The van der Waals surface area contributed by atoms with Gasteiger partial charge < -0.3 is 4.74 Å². The second-order valence-corrected chi connectivity index (χ2v) is 9.27. The molecule has 0 atom stereocenters. The number of nitrogens with zero attached hydrogens (tertiary/aromatic N) is 1. The number of hydrogen-bond donors (Lipinski definition) is 1. The van der Waals surface area contributed by atoms with Crippen molar-refractivity contribution in [3.8, 4) is 5.75 Å². The van der Waals surface area contributed by atoms with Crippen molar-refractivity contribution in [2.24, 2.45) is 0 Å². The van der Waals surface area contributed by atoms with Crippen LogP contribution >= 0.6 is 11.3 Å². The highest BCUT2D eigenvalue weighted by molar-refractivity contribution is 7.91. The van der Waals surface area contributed by atoms with Crippen LogP contribution in [0.2, 0.25) is 0 Å². The van der Waals surface area contributed by atoms with Crippen LogP contribution in [0.1, 0.15) is 0 Å². The largest absolute Gasteiger partial charge is 0.497 e. The fourth-order valence-electron chi connectivity index (χ4n) is 1.59. The smallest absolute Gasteiger partial charge is 0.253 e. The second kappa shape index (κ2) is 6.97. The fraction of sp³-hybridized carbons (Fsp3) is 0.154. The third-order valence-electron chi connectivity index (χ3n) is 2.89. The summed E-state index contributed by atoms with van der Waals surface area (Å²) in [7, 11) is -4.91. The van der Waals surface area contributed by atoms with Crippen LogP contribution in [0.4, 0.5) is 0 Å². The Balaban J connectivity index is 2.09. The van der Waals surface area contributed by atoms with E-state index in [4.69, 9.17) is 4.74 Å². The van der Waals surface area contributed by atoms with Gasteiger partial charge in [0, 0.05) is 7.05 Å². The molecule has 1 heterocycles. The minimum atomic E-state index is -3.87. The molecular weight excluding hydrogens is 360 g/mol. The van der Waals surface area contributed by atoms with Crippen molar-refractivity contribution in [2.75, 3.05) is 14.2 Å². The monoisotopic (exact) mass is 375 g/mol. The molecule has 0 spiro atoms. The van der Waals surface area contributed by atoms with Gasteiger partial charge in [0.15, 0.2) is 0 Å². The minimum absolute atomic E-state index is 0.00327. The lowest BCUT2D eigenvalue weighted by molar-refractivity contribution is 0.414. The van der Waals surface area contributed by atoms with E-state index in [2.05, 4.69) is 4.72 Å². The molecule has 0 aliphatic heterocycles. The van der Waals surface area contributed by atoms with Crippen LogP contribution < -0.4 is 9.46 Å². The Hall–Kier alpha value is -1.46. The highest BCUT2D eigenvalue weighted by Gasteiger charge is 2.24. The number of benzene rings is 1. The van der Waals surface area contributed by atoms with Gasteiger partial charge in [-0.1, -0.05) is 6.07 Å². The lowest BCUT2D eigenvalue weighted by atomic mass is 10.3. The SMILES string of the molecule is COc1ccc(S(=O)(=O)N[CH]N(C)S(=O)(=O)c2cccs2)cc1. The molecule has 0 amide bonds. The van der Waals surface area contributed by atoms with Crippen LogP contribution in [0.5, 0.6) is 5.75 Å². The Morgan fingerprint density at radius 2 is 1.78 bits per heavy atom. The Kier molecular flexibility index (Phi) is 5.42. The van der Waals surface area contributed by atoms with E-state index in [9.17, 15) is 16.8 Å². The third-order valence-corrected chi connectivity index (χ3v) is 7.29. The maximum Gasteiger partial charge on any atom is 0.253 e. The molecule has 0 bridgehead atoms. The first-order valence-corrected chi connectivity index (χ1v) is 10.1. The first kappa shape index (κ1) is 17.9. The number of ether oxygens (including phenoxy) is 1. The first-order chi connectivity index (χ1) is 10.8. The van der Waals surface area contributed by atoms with E-state index in [0.717, 1.165) is 22.3 Å². The van der Waals surface area contributed by atoms with Crippen molar-refractivity contribution in [1.29, 1.82) is 0 Å². The first-order valence-electron chi connectivity index (χ1n) is 6.28. The normalized spacial score (nSPS) is 12.5. The average molecular weight is 375 g/mol. The lowest BCUT2D eigenvalue weighted by Gasteiger charge is -2.16. The molecule has 1 aromatic heterocycles. The molecule has 0 aliphatic carbocycles. The van der Waals surface area contributed by atoms with Gasteiger partial charge in [-0.15, -0.1) is 11.3 Å². The summed E-state index contributed by atoms with van der Waals surface area (Å²) in [5, 5.41) is 1.63. The highest BCUT2D eigenvalue weighted by Crippen LogP contribution is 2.21. The summed E-state index contributed by atoms with van der Waals surface area (Å²) < 4.78 is 56.7. The summed E-state index contributed by atoms with van der Waals surface area (Å²) >= 11 is 1.05. The summed E-state index contributed by atoms with van der Waals surface area (Å²) in [5.41, 5.74) is 0. The number of rotatable bonds is 7. The van der Waals surface area contributed by atoms with Gasteiger partial charge in [0.25, 0.3) is 10.0 Å². The van der Waals surface area contributed by atoms with E-state index < -0.39 is 20.0 Å². The maximum absolute atomic E-state index is 12.2. The van der Waals surface area contributed by atoms with Crippen LogP contribution in [-0.4, -0.2) is 35.3 Å². The number of nitrogens with one attached hydrogen (secondary N) is 1. The zero-order valence-corrected chi connectivity index (χ0v) is 14.8. The fourth-order valence-corrected chi connectivity index (χ4v) is 4.76. The molecule has 1 aromatic carbocycles. The summed E-state index contributed by atoms with van der Waals surface area (Å²) in [4.78, 5) is -0.00327. The molecule has 0 saturated carbocycles. The van der Waals surface area contributed by atoms with Crippen molar-refractivity contribution in [3.05, 3.63) is 48.4 Å². The van der Waals surface area contributed by atoms with Gasteiger partial charge in [0.2, 0.25) is 10.0 Å². The number of hydrogen-bond acceptors (Lipinski definition) is 6. The molecule has 0 unspecified atom stereocenters. The quantitative estimate of drug-likeness (QED) is 0.791. The summed E-state index contributed by atoms with van der Waals surface area (Å²) in [6, 6.07) is 8.78. The molecule has 7 nitrogen and oxygen atoms in total. The van der Waals surface area contributed by atoms with Crippen LogP contribution in [-0.2, 0) is 20.0 Å². The zero-order valence-electron chi connectivity index (χ0n) is 12.3. The van der Waals surface area contributed by atoms with E-state index >= 15 is 0 Å². The zero-order chi connectivity index (χ0) is 17.1. The molecule has 0 aliphatic rings. The van der Waals surface area contributed by atoms with Gasteiger partial charge in [-0.25, -0.2) is 16.8 Å². The number of methoxy groups -OCH3 is 1. The highest BCUT2D eigenvalue weighted by atomic mass is 32.2. The topological polar surface area (TPSA) is 92.8 Å². The van der Waals surface area contributed by atoms with Gasteiger partial charge in [0.1, 0.15) is 16.6 Å². The Morgan fingerprint density at radius 3 is 2.30 bits per heavy atom. The van der Waals surface area contributed by atoms with E-state index in [0.29, 0.717) is 5.75 Å². The lowest BCUT2D eigenvalue weighted by Crippen LogP contribution is -2.33. The summed E-state index contributed by atoms with van der Waals surface area (Å²) in [6.45, 7) is 0.897. The van der Waals surface area contributed by atoms with E-state index in [1.807, 2.05) is 0 Å². The molecule has 1 N–H and O–H groups in total. The molecule has 0 saturated heterocycles. The van der Waals surface area contributed by atoms with Crippen molar-refractivity contribution < 1.29 is 21.6 Å². The van der Waals surface area contributed by atoms with Crippen molar-refractivity contribution in [2.45, 2.75) is 9.10 Å². The molecule has 10 heteroatoms. The Labute approximate surface area is 139 Å². The van der Waals surface area contributed by atoms with Crippen molar-refractivity contribution >= 4 is 31.4 Å². The maximum atomic E-state index is 12.2. The molecule has 2 aromatic rings. The van der Waals surface area contributed by atoms with Gasteiger partial charge >= 0.3 is 0 Å². The van der Waals surface area contributed by atoms with Gasteiger partial charge in [0.05, 0.1) is 12.0 Å². The molecule has 23 heavy (non-hydrogen) atoms. The van der Waals surface area contributed by atoms with Gasteiger partial charge in [-0.05, 0) is 35.7 Å². The van der Waals surface area contributed by atoms with E-state index in [1.54, 1.807) is 11.4 Å².